The Morgan fingerprint density at radius 3 is 2.16 bits per heavy atom. The van der Waals surface area contributed by atoms with Gasteiger partial charge in [-0.15, -0.1) is 0 Å². The molecule has 7 heteroatoms. The molecule has 1 aromatic rings. The van der Waals surface area contributed by atoms with Gasteiger partial charge in [-0.05, 0) is 12.5 Å². The van der Waals surface area contributed by atoms with Gasteiger partial charge in [0.05, 0.1) is 6.10 Å². The van der Waals surface area contributed by atoms with Crippen LogP contribution in [0.3, 0.4) is 0 Å². The van der Waals surface area contributed by atoms with Crippen LogP contribution in [0.4, 0.5) is 0 Å². The van der Waals surface area contributed by atoms with Crippen molar-refractivity contribution >= 4 is 11.9 Å². The zero-order valence-electron chi connectivity index (χ0n) is 15.0. The summed E-state index contributed by atoms with van der Waals surface area (Å²) in [4.78, 5) is 19.1. The molecule has 2 unspecified atom stereocenters. The number of ether oxygens (including phenoxy) is 1. The van der Waals surface area contributed by atoms with Gasteiger partial charge in [0.2, 0.25) is 0 Å². The second-order valence-electron chi connectivity index (χ2n) is 5.71. The molecule has 1 aromatic carbocycles. The molecule has 0 fully saturated rings. The molecule has 0 aromatic heterocycles. The van der Waals surface area contributed by atoms with Gasteiger partial charge in [0.1, 0.15) is 6.10 Å². The number of carboxylic acid groups (broad SMARTS) is 2. The monoisotopic (exact) mass is 353 g/mol. The molecule has 0 bridgehead atoms. The Balaban J connectivity index is 0.000000609. The van der Waals surface area contributed by atoms with Crippen molar-refractivity contribution in [3.63, 3.8) is 0 Å². The van der Waals surface area contributed by atoms with Gasteiger partial charge in [0.15, 0.2) is 0 Å². The van der Waals surface area contributed by atoms with E-state index in [1.165, 1.54) is 5.56 Å². The van der Waals surface area contributed by atoms with Crippen LogP contribution in [0.25, 0.3) is 0 Å². The van der Waals surface area contributed by atoms with E-state index in [1.54, 1.807) is 7.11 Å². The van der Waals surface area contributed by atoms with Crippen LogP contribution in [0.2, 0.25) is 0 Å². The molecule has 0 spiro atoms. The van der Waals surface area contributed by atoms with Crippen LogP contribution in [0.15, 0.2) is 36.4 Å². The van der Waals surface area contributed by atoms with Crippen molar-refractivity contribution < 1.29 is 29.6 Å². The normalized spacial score (nSPS) is 13.2. The molecule has 4 N–H and O–H groups in total. The topological polar surface area (TPSA) is 116 Å². The fraction of sp³-hybridized carbons (Fsp3) is 0.444. The summed E-state index contributed by atoms with van der Waals surface area (Å²) < 4.78 is 5.40. The highest BCUT2D eigenvalue weighted by Crippen LogP contribution is 2.21. The third-order valence-corrected chi connectivity index (χ3v) is 3.08. The van der Waals surface area contributed by atoms with Crippen LogP contribution in [-0.2, 0) is 14.3 Å². The highest BCUT2D eigenvalue weighted by molar-refractivity contribution is 5.89. The first kappa shape index (κ1) is 22.8. The van der Waals surface area contributed by atoms with Gasteiger partial charge in [0, 0.05) is 31.8 Å². The third kappa shape index (κ3) is 11.0. The number of hydrogen-bond acceptors (Lipinski definition) is 5. The number of aliphatic hydroxyl groups excluding tert-OH is 1. The molecule has 0 amide bonds. The summed E-state index contributed by atoms with van der Waals surface area (Å²) in [6.45, 7) is 6.68. The first-order chi connectivity index (χ1) is 11.7. The average molecular weight is 353 g/mol. The standard InChI is InChI=1S/C14H23NO2.C4H4O4/c1-10(2)15-9-13(16)14(17-4)12-7-5-6-11(3)8-12;5-3(6)1-2-4(7)8/h5-8,10,13-16H,9H2,1-4H3;1-2H,(H,5,6)(H,7,8). The summed E-state index contributed by atoms with van der Waals surface area (Å²) in [6.07, 6.45) is 0.301. The largest absolute Gasteiger partial charge is 0.478 e. The van der Waals surface area contributed by atoms with Crippen molar-refractivity contribution in [1.82, 2.24) is 5.32 Å². The number of hydrogen-bond donors (Lipinski definition) is 4. The molecule has 7 nitrogen and oxygen atoms in total. The average Bonchev–Trinajstić information content (AvgIpc) is 2.52. The van der Waals surface area contributed by atoms with E-state index >= 15 is 0 Å². The lowest BCUT2D eigenvalue weighted by molar-refractivity contribution is -0.134. The third-order valence-electron chi connectivity index (χ3n) is 3.08. The molecule has 0 saturated carbocycles. The lowest BCUT2D eigenvalue weighted by Crippen LogP contribution is -2.36. The van der Waals surface area contributed by atoms with Crippen LogP contribution in [-0.4, -0.2) is 53.1 Å². The first-order valence-corrected chi connectivity index (χ1v) is 7.82. The number of aryl methyl sites for hydroxylation is 1. The zero-order chi connectivity index (χ0) is 19.4. The number of carboxylic acids is 2. The molecule has 0 saturated heterocycles. The van der Waals surface area contributed by atoms with Gasteiger partial charge in [-0.2, -0.15) is 0 Å². The Hall–Kier alpha value is -2.22. The Morgan fingerprint density at radius 2 is 1.76 bits per heavy atom. The Labute approximate surface area is 147 Å². The molecular formula is C18H27NO6. The molecule has 0 aliphatic carbocycles. The lowest BCUT2D eigenvalue weighted by Gasteiger charge is -2.23. The van der Waals surface area contributed by atoms with E-state index < -0.39 is 18.0 Å². The van der Waals surface area contributed by atoms with Crippen molar-refractivity contribution in [3.8, 4) is 0 Å². The number of rotatable bonds is 8. The summed E-state index contributed by atoms with van der Waals surface area (Å²) >= 11 is 0. The minimum atomic E-state index is -1.26. The quantitative estimate of drug-likeness (QED) is 0.526. The smallest absolute Gasteiger partial charge is 0.328 e. The number of nitrogens with one attached hydrogen (secondary N) is 1. The Bertz CT molecular complexity index is 554. The van der Waals surface area contributed by atoms with E-state index in [1.807, 2.05) is 31.2 Å². The molecule has 140 valence electrons. The van der Waals surface area contributed by atoms with Gasteiger partial charge in [-0.1, -0.05) is 43.7 Å². The van der Waals surface area contributed by atoms with E-state index in [0.717, 1.165) is 5.56 Å². The highest BCUT2D eigenvalue weighted by Gasteiger charge is 2.20. The van der Waals surface area contributed by atoms with E-state index in [-0.39, 0.29) is 6.10 Å². The number of aliphatic carboxylic acids is 2. The minimum Gasteiger partial charge on any atom is -0.478 e. The maximum absolute atomic E-state index is 10.1. The van der Waals surface area contributed by atoms with Gasteiger partial charge >= 0.3 is 11.9 Å². The van der Waals surface area contributed by atoms with Gasteiger partial charge < -0.3 is 25.4 Å². The number of methoxy groups -OCH3 is 1. The summed E-state index contributed by atoms with van der Waals surface area (Å²) in [5.41, 5.74) is 2.19. The Morgan fingerprint density at radius 1 is 1.20 bits per heavy atom. The molecule has 0 heterocycles. The minimum absolute atomic E-state index is 0.277. The summed E-state index contributed by atoms with van der Waals surface area (Å²) in [5, 5.41) is 29.0. The molecular weight excluding hydrogens is 326 g/mol. The predicted octanol–water partition coefficient (Wildman–Crippen LogP) is 1.75. The van der Waals surface area contributed by atoms with Crippen molar-refractivity contribution in [2.45, 2.75) is 39.0 Å². The van der Waals surface area contributed by atoms with Crippen LogP contribution in [0.5, 0.6) is 0 Å². The van der Waals surface area contributed by atoms with Crippen molar-refractivity contribution in [1.29, 1.82) is 0 Å². The lowest BCUT2D eigenvalue weighted by atomic mass is 10.0. The summed E-state index contributed by atoms with van der Waals surface area (Å²) in [7, 11) is 1.63. The van der Waals surface area contributed by atoms with Crippen LogP contribution in [0, 0.1) is 6.92 Å². The van der Waals surface area contributed by atoms with Gasteiger partial charge in [0.25, 0.3) is 0 Å². The molecule has 0 radical (unpaired) electrons. The van der Waals surface area contributed by atoms with Gasteiger partial charge in [-0.25, -0.2) is 9.59 Å². The maximum atomic E-state index is 10.1. The molecule has 25 heavy (non-hydrogen) atoms. The Kier molecular flexibility index (Phi) is 11.1. The van der Waals surface area contributed by atoms with Crippen molar-refractivity contribution in [2.24, 2.45) is 0 Å². The van der Waals surface area contributed by atoms with Crippen LogP contribution >= 0.6 is 0 Å². The highest BCUT2D eigenvalue weighted by atomic mass is 16.5. The zero-order valence-corrected chi connectivity index (χ0v) is 15.0. The van der Waals surface area contributed by atoms with E-state index in [4.69, 9.17) is 14.9 Å². The number of aliphatic hydroxyl groups is 1. The van der Waals surface area contributed by atoms with Crippen LogP contribution in [0.1, 0.15) is 31.1 Å². The SMILES string of the molecule is COC(c1cccc(C)c1)C(O)CNC(C)C.O=C(O)C=CC(=O)O. The van der Waals surface area contributed by atoms with E-state index in [2.05, 4.69) is 19.2 Å². The molecule has 2 atom stereocenters. The fourth-order valence-corrected chi connectivity index (χ4v) is 1.97. The van der Waals surface area contributed by atoms with E-state index in [0.29, 0.717) is 24.7 Å². The maximum Gasteiger partial charge on any atom is 0.328 e. The molecule has 1 rings (SSSR count). The van der Waals surface area contributed by atoms with Gasteiger partial charge in [-0.3, -0.25) is 0 Å². The van der Waals surface area contributed by atoms with Crippen molar-refractivity contribution in [3.05, 3.63) is 47.5 Å². The molecule has 0 aliphatic rings. The first-order valence-electron chi connectivity index (χ1n) is 7.82. The van der Waals surface area contributed by atoms with Crippen LogP contribution < -0.4 is 5.32 Å². The van der Waals surface area contributed by atoms with E-state index in [9.17, 15) is 14.7 Å². The number of carbonyl (C=O) groups is 2. The molecule has 0 aliphatic heterocycles. The van der Waals surface area contributed by atoms with Crippen molar-refractivity contribution in [2.75, 3.05) is 13.7 Å². The second-order valence-corrected chi connectivity index (χ2v) is 5.71. The second kappa shape index (κ2) is 12.2. The summed E-state index contributed by atoms with van der Waals surface area (Å²) in [5.74, 6) is -2.51. The number of benzene rings is 1. The summed E-state index contributed by atoms with van der Waals surface area (Å²) in [6, 6.07) is 8.42. The predicted molar refractivity (Wildman–Crippen MR) is 94.5 cm³/mol. The fourth-order valence-electron chi connectivity index (χ4n) is 1.97.